The third-order valence-electron chi connectivity index (χ3n) is 3.85. The highest BCUT2D eigenvalue weighted by molar-refractivity contribution is 9.10. The predicted molar refractivity (Wildman–Crippen MR) is 88.1 cm³/mol. The van der Waals surface area contributed by atoms with Gasteiger partial charge in [0.1, 0.15) is 16.4 Å². The van der Waals surface area contributed by atoms with E-state index >= 15 is 0 Å². The zero-order chi connectivity index (χ0) is 16.3. The van der Waals surface area contributed by atoms with Gasteiger partial charge in [0, 0.05) is 25.2 Å². The minimum Gasteiger partial charge on any atom is -0.496 e. The molecule has 1 unspecified atom stereocenters. The lowest BCUT2D eigenvalue weighted by atomic mass is 10.1. The molecule has 0 aliphatic carbocycles. The molecular formula is C14H21BrN2O4S. The number of halogens is 1. The van der Waals surface area contributed by atoms with E-state index in [1.165, 1.54) is 24.6 Å². The molecule has 0 amide bonds. The van der Waals surface area contributed by atoms with Crippen LogP contribution < -0.4 is 14.8 Å². The minimum absolute atomic E-state index is 0.131. The van der Waals surface area contributed by atoms with Gasteiger partial charge in [0.05, 0.1) is 18.7 Å². The Kier molecular flexibility index (Phi) is 5.70. The van der Waals surface area contributed by atoms with Crippen molar-refractivity contribution in [3.63, 3.8) is 0 Å². The van der Waals surface area contributed by atoms with Crippen LogP contribution in [-0.2, 0) is 10.0 Å². The van der Waals surface area contributed by atoms with Crippen LogP contribution in [0.15, 0.2) is 21.5 Å². The number of methoxy groups -OCH3 is 2. The van der Waals surface area contributed by atoms with Crippen LogP contribution in [-0.4, -0.2) is 53.1 Å². The fourth-order valence-corrected chi connectivity index (χ4v) is 4.73. The average Bonchev–Trinajstić information content (AvgIpc) is 2.54. The quantitative estimate of drug-likeness (QED) is 0.827. The molecular weight excluding hydrogens is 372 g/mol. The van der Waals surface area contributed by atoms with Crippen molar-refractivity contribution in [1.29, 1.82) is 0 Å². The molecule has 0 spiro atoms. The van der Waals surface area contributed by atoms with Gasteiger partial charge >= 0.3 is 0 Å². The molecule has 1 atom stereocenters. The lowest BCUT2D eigenvalue weighted by molar-refractivity contribution is 0.291. The lowest BCUT2D eigenvalue weighted by Gasteiger charge is -2.32. The normalized spacial score (nSPS) is 19.9. The van der Waals surface area contributed by atoms with Gasteiger partial charge in [-0.3, -0.25) is 0 Å². The van der Waals surface area contributed by atoms with Gasteiger partial charge in [-0.1, -0.05) is 0 Å². The SMILES string of the molecule is CNC1CCCN(S(=O)(=O)c2cc(OC)c(Br)cc2OC)C1. The third kappa shape index (κ3) is 3.40. The average molecular weight is 393 g/mol. The van der Waals surface area contributed by atoms with Crippen LogP contribution in [0.4, 0.5) is 0 Å². The Hall–Kier alpha value is -0.830. The van der Waals surface area contributed by atoms with Crippen LogP contribution in [0.1, 0.15) is 12.8 Å². The Morgan fingerprint density at radius 2 is 1.95 bits per heavy atom. The van der Waals surface area contributed by atoms with Crippen LogP contribution in [0.5, 0.6) is 11.5 Å². The maximum Gasteiger partial charge on any atom is 0.246 e. The Labute approximate surface area is 140 Å². The first kappa shape index (κ1) is 17.5. The highest BCUT2D eigenvalue weighted by Gasteiger charge is 2.32. The van der Waals surface area contributed by atoms with Crippen LogP contribution in [0.25, 0.3) is 0 Å². The fourth-order valence-electron chi connectivity index (χ4n) is 2.57. The third-order valence-corrected chi connectivity index (χ3v) is 6.35. The van der Waals surface area contributed by atoms with Gasteiger partial charge in [0.15, 0.2) is 0 Å². The Morgan fingerprint density at radius 1 is 1.27 bits per heavy atom. The molecule has 0 radical (unpaired) electrons. The zero-order valence-corrected chi connectivity index (χ0v) is 15.3. The summed E-state index contributed by atoms with van der Waals surface area (Å²) in [5.41, 5.74) is 0. The summed E-state index contributed by atoms with van der Waals surface area (Å²) in [7, 11) is 1.18. The number of rotatable bonds is 5. The number of hydrogen-bond donors (Lipinski definition) is 1. The monoisotopic (exact) mass is 392 g/mol. The second kappa shape index (κ2) is 7.16. The van der Waals surface area contributed by atoms with Crippen LogP contribution >= 0.6 is 15.9 Å². The Bertz CT molecular complexity index is 636. The molecule has 1 aliphatic heterocycles. The van der Waals surface area contributed by atoms with Crippen molar-refractivity contribution in [3.8, 4) is 11.5 Å². The van der Waals surface area contributed by atoms with Crippen molar-refractivity contribution in [2.75, 3.05) is 34.4 Å². The first-order chi connectivity index (χ1) is 10.4. The molecule has 1 heterocycles. The summed E-state index contributed by atoms with van der Waals surface area (Å²) in [6.07, 6.45) is 1.81. The van der Waals surface area contributed by atoms with Gasteiger partial charge in [-0.05, 0) is 41.9 Å². The van der Waals surface area contributed by atoms with Crippen molar-refractivity contribution in [2.45, 2.75) is 23.8 Å². The molecule has 2 rings (SSSR count). The topological polar surface area (TPSA) is 67.9 Å². The first-order valence-corrected chi connectivity index (χ1v) is 9.26. The summed E-state index contributed by atoms with van der Waals surface area (Å²) in [6, 6.07) is 3.29. The molecule has 1 aromatic rings. The Balaban J connectivity index is 2.44. The van der Waals surface area contributed by atoms with Gasteiger partial charge < -0.3 is 14.8 Å². The number of benzene rings is 1. The molecule has 0 saturated carbocycles. The second-order valence-electron chi connectivity index (χ2n) is 5.13. The highest BCUT2D eigenvalue weighted by Crippen LogP contribution is 2.37. The van der Waals surface area contributed by atoms with E-state index in [1.807, 2.05) is 7.05 Å². The number of piperidine rings is 1. The summed E-state index contributed by atoms with van der Waals surface area (Å²) >= 11 is 3.34. The summed E-state index contributed by atoms with van der Waals surface area (Å²) in [5.74, 6) is 0.765. The second-order valence-corrected chi connectivity index (χ2v) is 7.89. The maximum atomic E-state index is 13.0. The maximum absolute atomic E-state index is 13.0. The Morgan fingerprint density at radius 3 is 2.55 bits per heavy atom. The van der Waals surface area contributed by atoms with Crippen molar-refractivity contribution in [2.24, 2.45) is 0 Å². The van der Waals surface area contributed by atoms with Gasteiger partial charge in [-0.25, -0.2) is 8.42 Å². The molecule has 0 aromatic heterocycles. The highest BCUT2D eigenvalue weighted by atomic mass is 79.9. The van der Waals surface area contributed by atoms with E-state index in [0.717, 1.165) is 12.8 Å². The molecule has 1 saturated heterocycles. The van der Waals surface area contributed by atoms with E-state index in [9.17, 15) is 8.42 Å². The number of ether oxygens (including phenoxy) is 2. The summed E-state index contributed by atoms with van der Waals surface area (Å²) in [5, 5.41) is 3.15. The van der Waals surface area contributed by atoms with E-state index in [-0.39, 0.29) is 10.9 Å². The van der Waals surface area contributed by atoms with Gasteiger partial charge in [-0.2, -0.15) is 4.31 Å². The van der Waals surface area contributed by atoms with Gasteiger partial charge in [0.25, 0.3) is 0 Å². The van der Waals surface area contributed by atoms with Crippen LogP contribution in [0.3, 0.4) is 0 Å². The number of nitrogens with zero attached hydrogens (tertiary/aromatic N) is 1. The van der Waals surface area contributed by atoms with Crippen molar-refractivity contribution >= 4 is 26.0 Å². The van der Waals surface area contributed by atoms with Gasteiger partial charge in [0.2, 0.25) is 10.0 Å². The van der Waals surface area contributed by atoms with Crippen LogP contribution in [0, 0.1) is 0 Å². The number of sulfonamides is 1. The molecule has 6 nitrogen and oxygen atoms in total. The van der Waals surface area contributed by atoms with E-state index in [2.05, 4.69) is 21.2 Å². The zero-order valence-electron chi connectivity index (χ0n) is 12.9. The summed E-state index contributed by atoms with van der Waals surface area (Å²) in [4.78, 5) is 0.131. The molecule has 1 aliphatic rings. The summed E-state index contributed by atoms with van der Waals surface area (Å²) in [6.45, 7) is 0.975. The van der Waals surface area contributed by atoms with E-state index in [4.69, 9.17) is 9.47 Å². The summed E-state index contributed by atoms with van der Waals surface area (Å²) < 4.78 is 38.5. The molecule has 1 fully saturated rings. The molecule has 1 N–H and O–H groups in total. The van der Waals surface area contributed by atoms with Crippen molar-refractivity contribution < 1.29 is 17.9 Å². The van der Waals surface area contributed by atoms with Crippen molar-refractivity contribution in [1.82, 2.24) is 9.62 Å². The lowest BCUT2D eigenvalue weighted by Crippen LogP contribution is -2.46. The minimum atomic E-state index is -3.63. The molecule has 0 bridgehead atoms. The van der Waals surface area contributed by atoms with E-state index in [1.54, 1.807) is 6.07 Å². The van der Waals surface area contributed by atoms with E-state index < -0.39 is 10.0 Å². The smallest absolute Gasteiger partial charge is 0.246 e. The molecule has 22 heavy (non-hydrogen) atoms. The molecule has 8 heteroatoms. The van der Waals surface area contributed by atoms with Gasteiger partial charge in [-0.15, -0.1) is 0 Å². The fraction of sp³-hybridized carbons (Fsp3) is 0.571. The largest absolute Gasteiger partial charge is 0.496 e. The molecule has 124 valence electrons. The number of nitrogens with one attached hydrogen (secondary N) is 1. The number of hydrogen-bond acceptors (Lipinski definition) is 5. The van der Waals surface area contributed by atoms with E-state index in [0.29, 0.717) is 29.1 Å². The first-order valence-electron chi connectivity index (χ1n) is 7.03. The van der Waals surface area contributed by atoms with Crippen LogP contribution in [0.2, 0.25) is 0 Å². The van der Waals surface area contributed by atoms with Crippen molar-refractivity contribution in [3.05, 3.63) is 16.6 Å². The number of likely N-dealkylation sites (N-methyl/N-ethyl adjacent to an activating group) is 1. The molecule has 1 aromatic carbocycles. The standard InChI is InChI=1S/C14H21BrN2O4S/c1-16-10-5-4-6-17(9-10)22(18,19)14-8-12(20-2)11(15)7-13(14)21-3/h7-8,10,16H,4-6,9H2,1-3H3. The predicted octanol–water partition coefficient (Wildman–Crippen LogP) is 1.84.